The van der Waals surface area contributed by atoms with Crippen LogP contribution >= 0.6 is 24.0 Å². The lowest BCUT2D eigenvalue weighted by atomic mass is 9.96. The third kappa shape index (κ3) is 4.48. The lowest BCUT2D eigenvalue weighted by Crippen LogP contribution is -2.51. The number of rotatable bonds is 7. The van der Waals surface area contributed by atoms with Gasteiger partial charge in [-0.1, -0.05) is 11.6 Å². The van der Waals surface area contributed by atoms with E-state index >= 15 is 0 Å². The lowest BCUT2D eigenvalue weighted by molar-refractivity contribution is 0.261. The van der Waals surface area contributed by atoms with E-state index in [2.05, 4.69) is 12.2 Å². The van der Waals surface area contributed by atoms with Crippen LogP contribution in [0.1, 0.15) is 19.8 Å². The van der Waals surface area contributed by atoms with E-state index in [0.717, 1.165) is 0 Å². The molecule has 1 unspecified atom stereocenters. The predicted molar refractivity (Wildman–Crippen MR) is 82.3 cm³/mol. The molecule has 1 aromatic carbocycles. The summed E-state index contributed by atoms with van der Waals surface area (Å²) in [5.74, 6) is 0.817. The van der Waals surface area contributed by atoms with Gasteiger partial charge in [0.25, 0.3) is 0 Å². The predicted octanol–water partition coefficient (Wildman–Crippen LogP) is 3.00. The molecule has 0 bridgehead atoms. The van der Waals surface area contributed by atoms with E-state index in [0.29, 0.717) is 36.4 Å². The van der Waals surface area contributed by atoms with Gasteiger partial charge in [-0.15, -0.1) is 12.4 Å². The van der Waals surface area contributed by atoms with Gasteiger partial charge in [0.05, 0.1) is 5.02 Å². The summed E-state index contributed by atoms with van der Waals surface area (Å²) in [6, 6.07) is 4.13. The van der Waals surface area contributed by atoms with Crippen LogP contribution in [-0.4, -0.2) is 25.2 Å². The minimum atomic E-state index is -0.361. The molecule has 0 saturated heterocycles. The number of hydrogen-bond donors (Lipinski definition) is 2. The van der Waals surface area contributed by atoms with Gasteiger partial charge in [0, 0.05) is 18.6 Å². The fourth-order valence-corrected chi connectivity index (χ4v) is 2.42. The van der Waals surface area contributed by atoms with Gasteiger partial charge >= 0.3 is 0 Å². The summed E-state index contributed by atoms with van der Waals surface area (Å²) >= 11 is 5.88. The minimum absolute atomic E-state index is 0. The Balaban J connectivity index is 0.00000200. The van der Waals surface area contributed by atoms with Gasteiger partial charge in [0.15, 0.2) is 0 Å². The number of hydrogen-bond acceptors (Lipinski definition) is 3. The smallest absolute Gasteiger partial charge is 0.138 e. The molecule has 3 N–H and O–H groups in total. The third-order valence-corrected chi connectivity index (χ3v) is 3.98. The topological polar surface area (TPSA) is 47.3 Å². The molecule has 0 amide bonds. The number of nitrogens with two attached hydrogens (primary N) is 1. The average molecular weight is 323 g/mol. The Morgan fingerprint density at radius 1 is 1.50 bits per heavy atom. The van der Waals surface area contributed by atoms with Crippen LogP contribution in [0.15, 0.2) is 18.2 Å². The highest BCUT2D eigenvalue weighted by atomic mass is 35.5. The van der Waals surface area contributed by atoms with Crippen LogP contribution in [0.2, 0.25) is 5.02 Å². The number of ether oxygens (including phenoxy) is 1. The first kappa shape index (κ1) is 17.5. The molecule has 1 aliphatic rings. The van der Waals surface area contributed by atoms with Gasteiger partial charge in [-0.25, -0.2) is 4.39 Å². The zero-order valence-corrected chi connectivity index (χ0v) is 13.1. The summed E-state index contributed by atoms with van der Waals surface area (Å²) < 4.78 is 18.4. The minimum Gasteiger partial charge on any atom is -0.491 e. The molecule has 2 rings (SSSR count). The van der Waals surface area contributed by atoms with Crippen molar-refractivity contribution in [2.45, 2.75) is 25.3 Å². The average Bonchev–Trinajstić information content (AvgIpc) is 3.21. The second-order valence-electron chi connectivity index (χ2n) is 5.25. The van der Waals surface area contributed by atoms with Crippen molar-refractivity contribution in [2.75, 3.05) is 19.7 Å². The molecule has 1 saturated carbocycles. The Morgan fingerprint density at radius 2 is 2.20 bits per heavy atom. The first-order valence-corrected chi connectivity index (χ1v) is 6.96. The molecule has 6 heteroatoms. The van der Waals surface area contributed by atoms with Gasteiger partial charge in [-0.3, -0.25) is 0 Å². The maximum absolute atomic E-state index is 12.9. The third-order valence-electron chi connectivity index (χ3n) is 3.68. The molecule has 3 nitrogen and oxygen atoms in total. The van der Waals surface area contributed by atoms with Gasteiger partial charge in [0.2, 0.25) is 0 Å². The number of nitrogens with one attached hydrogen (secondary N) is 1. The Morgan fingerprint density at radius 3 is 2.75 bits per heavy atom. The second-order valence-corrected chi connectivity index (χ2v) is 5.65. The Hall–Kier alpha value is -0.550. The molecule has 20 heavy (non-hydrogen) atoms. The maximum atomic E-state index is 12.9. The summed E-state index contributed by atoms with van der Waals surface area (Å²) in [4.78, 5) is 0. The highest BCUT2D eigenvalue weighted by Gasteiger charge is 2.39. The van der Waals surface area contributed by atoms with E-state index in [4.69, 9.17) is 22.1 Å². The molecule has 0 aromatic heterocycles. The second kappa shape index (κ2) is 7.46. The molecule has 1 fully saturated rings. The van der Waals surface area contributed by atoms with E-state index < -0.39 is 0 Å². The van der Waals surface area contributed by atoms with Crippen molar-refractivity contribution < 1.29 is 9.13 Å². The molecular formula is C14H21Cl2FN2O. The van der Waals surface area contributed by atoms with Crippen LogP contribution < -0.4 is 15.8 Å². The molecule has 0 aliphatic heterocycles. The van der Waals surface area contributed by atoms with Gasteiger partial charge in [-0.2, -0.15) is 0 Å². The molecule has 0 heterocycles. The van der Waals surface area contributed by atoms with E-state index in [9.17, 15) is 4.39 Å². The molecule has 114 valence electrons. The van der Waals surface area contributed by atoms with Crippen molar-refractivity contribution >= 4 is 24.0 Å². The van der Waals surface area contributed by atoms with Crippen molar-refractivity contribution in [3.63, 3.8) is 0 Å². The summed E-state index contributed by atoms with van der Waals surface area (Å²) in [7, 11) is 0. The quantitative estimate of drug-likeness (QED) is 0.759. The normalized spacial score (nSPS) is 17.2. The van der Waals surface area contributed by atoms with Crippen LogP contribution in [-0.2, 0) is 0 Å². The summed E-state index contributed by atoms with van der Waals surface area (Å²) in [5, 5.41) is 3.74. The Labute approximate surface area is 130 Å². The maximum Gasteiger partial charge on any atom is 0.138 e. The summed E-state index contributed by atoms with van der Waals surface area (Å²) in [6.45, 7) is 3.94. The zero-order chi connectivity index (χ0) is 13.9. The Kier molecular flexibility index (Phi) is 6.52. The van der Waals surface area contributed by atoms with Crippen LogP contribution in [0.3, 0.4) is 0 Å². The number of benzene rings is 1. The van der Waals surface area contributed by atoms with Gasteiger partial charge in [0.1, 0.15) is 18.2 Å². The van der Waals surface area contributed by atoms with E-state index in [1.54, 1.807) is 6.07 Å². The fraction of sp³-hybridized carbons (Fsp3) is 0.571. The van der Waals surface area contributed by atoms with Crippen molar-refractivity contribution in [1.29, 1.82) is 0 Å². The molecule has 1 atom stereocenters. The summed E-state index contributed by atoms with van der Waals surface area (Å²) in [6.07, 6.45) is 2.48. The van der Waals surface area contributed by atoms with E-state index in [1.165, 1.54) is 25.0 Å². The van der Waals surface area contributed by atoms with Crippen molar-refractivity contribution in [3.05, 3.63) is 29.0 Å². The standard InChI is InChI=1S/C14H20ClFN2O.ClH/c1-14(9-17,10-2-3-10)18-6-7-19-13-5-4-11(16)8-12(13)15;/h4-5,8,10,18H,2-3,6-7,9,17H2,1H3;1H. The highest BCUT2D eigenvalue weighted by Crippen LogP contribution is 2.38. The van der Waals surface area contributed by atoms with Crippen LogP contribution in [0.25, 0.3) is 0 Å². The van der Waals surface area contributed by atoms with E-state index in [1.807, 2.05) is 0 Å². The lowest BCUT2D eigenvalue weighted by Gasteiger charge is -2.29. The van der Waals surface area contributed by atoms with Gasteiger partial charge < -0.3 is 15.8 Å². The van der Waals surface area contributed by atoms with Crippen LogP contribution in [0.4, 0.5) is 4.39 Å². The van der Waals surface area contributed by atoms with E-state index in [-0.39, 0.29) is 23.8 Å². The fourth-order valence-electron chi connectivity index (χ4n) is 2.19. The molecule has 1 aromatic rings. The van der Waals surface area contributed by atoms with Crippen molar-refractivity contribution in [3.8, 4) is 5.75 Å². The van der Waals surface area contributed by atoms with Crippen molar-refractivity contribution in [1.82, 2.24) is 5.32 Å². The SMILES string of the molecule is CC(CN)(NCCOc1ccc(F)cc1Cl)C1CC1.Cl. The molecule has 1 aliphatic carbocycles. The molecule has 0 spiro atoms. The zero-order valence-electron chi connectivity index (χ0n) is 11.5. The highest BCUT2D eigenvalue weighted by molar-refractivity contribution is 6.32. The first-order valence-electron chi connectivity index (χ1n) is 6.58. The van der Waals surface area contributed by atoms with Crippen LogP contribution in [0, 0.1) is 11.7 Å². The Bertz CT molecular complexity index is 443. The molecule has 0 radical (unpaired) electrons. The monoisotopic (exact) mass is 322 g/mol. The van der Waals surface area contributed by atoms with Gasteiger partial charge in [-0.05, 0) is 43.9 Å². The summed E-state index contributed by atoms with van der Waals surface area (Å²) in [5.41, 5.74) is 5.81. The van der Waals surface area contributed by atoms with Crippen molar-refractivity contribution in [2.24, 2.45) is 11.7 Å². The molecular weight excluding hydrogens is 302 g/mol. The van der Waals surface area contributed by atoms with Crippen LogP contribution in [0.5, 0.6) is 5.75 Å². The first-order chi connectivity index (χ1) is 9.05. The number of halogens is 3. The largest absolute Gasteiger partial charge is 0.491 e.